The molecule has 0 radical (unpaired) electrons. The number of allylic oxidation sites excluding steroid dienone is 2. The lowest BCUT2D eigenvalue weighted by atomic mass is 9.87. The summed E-state index contributed by atoms with van der Waals surface area (Å²) in [4.78, 5) is 14.2. The molecule has 0 bridgehead atoms. The maximum atomic E-state index is 11.7. The van der Waals surface area contributed by atoms with Gasteiger partial charge in [-0.2, -0.15) is 0 Å². The number of fused-ring (bicyclic) bond motifs is 1. The van der Waals surface area contributed by atoms with Gasteiger partial charge in [0.25, 0.3) is 0 Å². The summed E-state index contributed by atoms with van der Waals surface area (Å²) in [6.07, 6.45) is 8.08. The van der Waals surface area contributed by atoms with Gasteiger partial charge in [-0.3, -0.25) is 4.79 Å². The van der Waals surface area contributed by atoms with Crippen molar-refractivity contribution in [3.05, 3.63) is 11.8 Å². The van der Waals surface area contributed by atoms with Gasteiger partial charge in [0.05, 0.1) is 0 Å². The molecule has 2 rings (SSSR count). The highest BCUT2D eigenvalue weighted by atomic mass is 35.5. The minimum absolute atomic E-state index is 0.113. The Hall–Kier alpha value is -0.500. The standard InChI is InChI=1S/C13H20ClNO/c1-13-6-4-8-15(13)11(5-2-3-7-14)9-12(16)10-13/h9H,2-8,10H2,1H3/t13-/m1/s1. The highest BCUT2D eigenvalue weighted by Crippen LogP contribution is 2.39. The second kappa shape index (κ2) is 4.79. The zero-order valence-corrected chi connectivity index (χ0v) is 10.7. The smallest absolute Gasteiger partial charge is 0.159 e. The Morgan fingerprint density at radius 1 is 1.50 bits per heavy atom. The third-order valence-corrected chi connectivity index (χ3v) is 4.06. The van der Waals surface area contributed by atoms with Gasteiger partial charge in [0, 0.05) is 36.2 Å². The first-order valence-electron chi connectivity index (χ1n) is 6.23. The van der Waals surface area contributed by atoms with E-state index >= 15 is 0 Å². The molecular weight excluding hydrogens is 222 g/mol. The van der Waals surface area contributed by atoms with Gasteiger partial charge < -0.3 is 4.90 Å². The number of unbranched alkanes of at least 4 members (excludes halogenated alkanes) is 1. The third-order valence-electron chi connectivity index (χ3n) is 3.79. The maximum absolute atomic E-state index is 11.7. The number of nitrogens with zero attached hydrogens (tertiary/aromatic N) is 1. The summed E-state index contributed by atoms with van der Waals surface area (Å²) in [7, 11) is 0. The Morgan fingerprint density at radius 3 is 3.06 bits per heavy atom. The maximum Gasteiger partial charge on any atom is 0.159 e. The van der Waals surface area contributed by atoms with Gasteiger partial charge in [0.2, 0.25) is 0 Å². The van der Waals surface area contributed by atoms with Crippen LogP contribution in [0, 0.1) is 0 Å². The van der Waals surface area contributed by atoms with Crippen LogP contribution in [-0.2, 0) is 4.79 Å². The molecule has 3 heteroatoms. The molecule has 90 valence electrons. The number of hydrogen-bond donors (Lipinski definition) is 0. The van der Waals surface area contributed by atoms with Crippen molar-refractivity contribution in [3.8, 4) is 0 Å². The van der Waals surface area contributed by atoms with Crippen LogP contribution >= 0.6 is 11.6 Å². The van der Waals surface area contributed by atoms with Gasteiger partial charge in [0.1, 0.15) is 0 Å². The molecule has 0 N–H and O–H groups in total. The van der Waals surface area contributed by atoms with Gasteiger partial charge >= 0.3 is 0 Å². The molecule has 0 saturated carbocycles. The molecule has 1 fully saturated rings. The van der Waals surface area contributed by atoms with E-state index in [9.17, 15) is 4.79 Å². The molecule has 0 unspecified atom stereocenters. The zero-order valence-electron chi connectivity index (χ0n) is 9.97. The first-order chi connectivity index (χ1) is 7.65. The fourth-order valence-electron chi connectivity index (χ4n) is 2.99. The molecule has 0 aromatic heterocycles. The van der Waals surface area contributed by atoms with Crippen molar-refractivity contribution in [2.45, 2.75) is 51.0 Å². The van der Waals surface area contributed by atoms with Gasteiger partial charge in [-0.05, 0) is 39.0 Å². The Kier molecular flexibility index (Phi) is 3.58. The predicted molar refractivity (Wildman–Crippen MR) is 66.6 cm³/mol. The molecule has 0 aromatic carbocycles. The van der Waals surface area contributed by atoms with Crippen LogP contribution in [0.15, 0.2) is 11.8 Å². The quantitative estimate of drug-likeness (QED) is 0.557. The van der Waals surface area contributed by atoms with Crippen LogP contribution in [0.3, 0.4) is 0 Å². The molecule has 2 heterocycles. The lowest BCUT2D eigenvalue weighted by Gasteiger charge is -2.41. The summed E-state index contributed by atoms with van der Waals surface area (Å²) < 4.78 is 0. The van der Waals surface area contributed by atoms with Crippen LogP contribution < -0.4 is 0 Å². The second-order valence-corrected chi connectivity index (χ2v) is 5.55. The molecule has 16 heavy (non-hydrogen) atoms. The molecule has 0 aliphatic carbocycles. The van der Waals surface area contributed by atoms with Crippen molar-refractivity contribution in [1.29, 1.82) is 0 Å². The molecule has 2 aliphatic heterocycles. The van der Waals surface area contributed by atoms with Crippen molar-refractivity contribution in [2.75, 3.05) is 12.4 Å². The normalized spacial score (nSPS) is 29.2. The van der Waals surface area contributed by atoms with Crippen LogP contribution in [0.25, 0.3) is 0 Å². The van der Waals surface area contributed by atoms with Gasteiger partial charge in [-0.25, -0.2) is 0 Å². The fourth-order valence-corrected chi connectivity index (χ4v) is 3.18. The molecule has 0 aromatic rings. The largest absolute Gasteiger partial charge is 0.369 e. The minimum atomic E-state index is 0.113. The number of hydrogen-bond acceptors (Lipinski definition) is 2. The van der Waals surface area contributed by atoms with E-state index in [1.807, 2.05) is 6.08 Å². The summed E-state index contributed by atoms with van der Waals surface area (Å²) in [5.74, 6) is 1.03. The first kappa shape index (κ1) is 12.0. The number of ketones is 1. The average Bonchev–Trinajstić information content (AvgIpc) is 2.59. The van der Waals surface area contributed by atoms with Gasteiger partial charge in [-0.15, -0.1) is 11.6 Å². The Bertz CT molecular complexity index is 313. The van der Waals surface area contributed by atoms with Crippen molar-refractivity contribution < 1.29 is 4.79 Å². The molecule has 2 aliphatic rings. The molecule has 0 amide bonds. The van der Waals surface area contributed by atoms with E-state index in [2.05, 4.69) is 11.8 Å². The van der Waals surface area contributed by atoms with Crippen LogP contribution in [0.1, 0.15) is 45.4 Å². The molecule has 1 atom stereocenters. The topological polar surface area (TPSA) is 20.3 Å². The molecular formula is C13H20ClNO. The number of rotatable bonds is 4. The lowest BCUT2D eigenvalue weighted by molar-refractivity contribution is -0.117. The van der Waals surface area contributed by atoms with E-state index in [4.69, 9.17) is 11.6 Å². The second-order valence-electron chi connectivity index (χ2n) is 5.18. The Morgan fingerprint density at radius 2 is 2.31 bits per heavy atom. The van der Waals surface area contributed by atoms with E-state index in [0.29, 0.717) is 12.2 Å². The number of carbonyl (C=O) groups excluding carboxylic acids is 1. The van der Waals surface area contributed by atoms with Crippen molar-refractivity contribution in [1.82, 2.24) is 4.90 Å². The first-order valence-corrected chi connectivity index (χ1v) is 6.76. The predicted octanol–water partition coefficient (Wildman–Crippen LogP) is 3.11. The van der Waals surface area contributed by atoms with E-state index in [-0.39, 0.29) is 5.54 Å². The van der Waals surface area contributed by atoms with E-state index in [0.717, 1.165) is 38.1 Å². The van der Waals surface area contributed by atoms with Crippen molar-refractivity contribution >= 4 is 17.4 Å². The molecule has 0 spiro atoms. The van der Waals surface area contributed by atoms with Crippen LogP contribution in [0.4, 0.5) is 0 Å². The SMILES string of the molecule is C[C@]12CCCN1C(CCCCCl)=CC(=O)C2. The van der Waals surface area contributed by atoms with Crippen LogP contribution in [-0.4, -0.2) is 28.6 Å². The van der Waals surface area contributed by atoms with Gasteiger partial charge in [0.15, 0.2) is 5.78 Å². The van der Waals surface area contributed by atoms with Crippen LogP contribution in [0.2, 0.25) is 0 Å². The highest BCUT2D eigenvalue weighted by Gasteiger charge is 2.41. The van der Waals surface area contributed by atoms with Crippen LogP contribution in [0.5, 0.6) is 0 Å². The van der Waals surface area contributed by atoms with E-state index in [1.165, 1.54) is 12.1 Å². The minimum Gasteiger partial charge on any atom is -0.369 e. The number of alkyl halides is 1. The summed E-state index contributed by atoms with van der Waals surface area (Å²) in [6.45, 7) is 3.35. The summed E-state index contributed by atoms with van der Waals surface area (Å²) in [5, 5.41) is 0. The van der Waals surface area contributed by atoms with Crippen molar-refractivity contribution in [3.63, 3.8) is 0 Å². The van der Waals surface area contributed by atoms with Crippen molar-refractivity contribution in [2.24, 2.45) is 0 Å². The third kappa shape index (κ3) is 2.27. The lowest BCUT2D eigenvalue weighted by Crippen LogP contribution is -2.45. The summed E-state index contributed by atoms with van der Waals surface area (Å²) in [5.41, 5.74) is 1.36. The molecule has 1 saturated heterocycles. The molecule has 2 nitrogen and oxygen atoms in total. The number of carbonyl (C=O) groups is 1. The average molecular weight is 242 g/mol. The fraction of sp³-hybridized carbons (Fsp3) is 0.769. The zero-order chi connectivity index (χ0) is 11.6. The summed E-state index contributed by atoms with van der Waals surface area (Å²) >= 11 is 5.69. The van der Waals surface area contributed by atoms with E-state index in [1.54, 1.807) is 0 Å². The highest BCUT2D eigenvalue weighted by molar-refractivity contribution is 6.17. The Labute approximate surface area is 103 Å². The summed E-state index contributed by atoms with van der Waals surface area (Å²) in [6, 6.07) is 0. The van der Waals surface area contributed by atoms with E-state index < -0.39 is 0 Å². The number of halogens is 1. The van der Waals surface area contributed by atoms with Gasteiger partial charge in [-0.1, -0.05) is 0 Å². The monoisotopic (exact) mass is 241 g/mol. The Balaban J connectivity index is 2.07.